The number of hydrogen-bond acceptors (Lipinski definition) is 3. The van der Waals surface area contributed by atoms with E-state index in [1.807, 2.05) is 0 Å². The largest absolute Gasteiger partial charge is 0.444 e. The highest BCUT2D eigenvalue weighted by molar-refractivity contribution is 5.65. The van der Waals surface area contributed by atoms with Crippen LogP contribution >= 0.6 is 0 Å². The molecule has 1 unspecified atom stereocenters. The van der Waals surface area contributed by atoms with Crippen molar-refractivity contribution in [2.75, 3.05) is 6.54 Å². The molecule has 1 amide bonds. The van der Waals surface area contributed by atoms with E-state index in [1.54, 1.807) is 0 Å². The summed E-state index contributed by atoms with van der Waals surface area (Å²) in [4.78, 5) is 13.5. The molecular weight excluding hydrogens is 228 g/mol. The fraction of sp³-hybridized carbons (Fsp3) is 0.929. The van der Waals surface area contributed by atoms with Crippen molar-refractivity contribution in [3.05, 3.63) is 0 Å². The highest BCUT2D eigenvalue weighted by atomic mass is 16.6. The van der Waals surface area contributed by atoms with Crippen LogP contribution in [0.25, 0.3) is 0 Å². The van der Waals surface area contributed by atoms with E-state index in [4.69, 9.17) is 10.5 Å². The molecule has 0 saturated carbocycles. The molecule has 1 heterocycles. The third-order valence-electron chi connectivity index (χ3n) is 4.23. The third kappa shape index (κ3) is 3.16. The molecule has 106 valence electrons. The maximum atomic E-state index is 11.0. The normalized spacial score (nSPS) is 26.8. The van der Waals surface area contributed by atoms with Gasteiger partial charge in [-0.1, -0.05) is 13.3 Å². The Morgan fingerprint density at radius 1 is 1.39 bits per heavy atom. The standard InChI is InChI=1S/C14H28N2O2/c1-6-7-10-16-13(2,3)9-8-11(14(16,4)5)18-12(15)17/h11H,6-10H2,1-5H3,(H2,15,17). The molecule has 0 aromatic rings. The number of unbranched alkanes of at least 4 members (excludes halogenated alkanes) is 1. The monoisotopic (exact) mass is 256 g/mol. The predicted molar refractivity (Wildman–Crippen MR) is 73.5 cm³/mol. The Labute approximate surface area is 111 Å². The Bertz CT molecular complexity index is 300. The lowest BCUT2D eigenvalue weighted by Crippen LogP contribution is -2.65. The first-order valence-electron chi connectivity index (χ1n) is 6.95. The zero-order chi connectivity index (χ0) is 14.0. The summed E-state index contributed by atoms with van der Waals surface area (Å²) in [6.45, 7) is 12.1. The van der Waals surface area contributed by atoms with Gasteiger partial charge in [0.05, 0.1) is 5.54 Å². The Hall–Kier alpha value is -0.770. The van der Waals surface area contributed by atoms with Crippen LogP contribution in [0.3, 0.4) is 0 Å². The molecule has 4 heteroatoms. The van der Waals surface area contributed by atoms with Crippen molar-refractivity contribution in [3.63, 3.8) is 0 Å². The summed E-state index contributed by atoms with van der Waals surface area (Å²) in [5, 5.41) is 0. The van der Waals surface area contributed by atoms with Crippen LogP contribution in [-0.2, 0) is 4.74 Å². The van der Waals surface area contributed by atoms with Gasteiger partial charge in [0, 0.05) is 5.54 Å². The number of hydrogen-bond donors (Lipinski definition) is 1. The molecule has 0 radical (unpaired) electrons. The molecule has 2 N–H and O–H groups in total. The van der Waals surface area contributed by atoms with E-state index >= 15 is 0 Å². The first kappa shape index (κ1) is 15.3. The summed E-state index contributed by atoms with van der Waals surface area (Å²) in [5.41, 5.74) is 5.17. The smallest absolute Gasteiger partial charge is 0.404 e. The zero-order valence-electron chi connectivity index (χ0n) is 12.5. The van der Waals surface area contributed by atoms with Crippen LogP contribution in [-0.4, -0.2) is 34.7 Å². The zero-order valence-corrected chi connectivity index (χ0v) is 12.5. The summed E-state index contributed by atoms with van der Waals surface area (Å²) in [6.07, 6.45) is 3.46. The van der Waals surface area contributed by atoms with Crippen molar-refractivity contribution in [1.82, 2.24) is 4.90 Å². The molecule has 1 saturated heterocycles. The number of carbonyl (C=O) groups excluding carboxylic acids is 1. The molecule has 18 heavy (non-hydrogen) atoms. The van der Waals surface area contributed by atoms with Gasteiger partial charge >= 0.3 is 6.09 Å². The molecule has 1 atom stereocenters. The van der Waals surface area contributed by atoms with Crippen LogP contribution in [0.5, 0.6) is 0 Å². The van der Waals surface area contributed by atoms with Gasteiger partial charge in [-0.05, 0) is 53.5 Å². The van der Waals surface area contributed by atoms with Gasteiger partial charge in [0.1, 0.15) is 6.10 Å². The summed E-state index contributed by atoms with van der Waals surface area (Å²) in [5.74, 6) is 0. The molecule has 0 aliphatic carbocycles. The van der Waals surface area contributed by atoms with Gasteiger partial charge in [-0.15, -0.1) is 0 Å². The van der Waals surface area contributed by atoms with Crippen molar-refractivity contribution in [3.8, 4) is 0 Å². The minimum atomic E-state index is -0.664. The van der Waals surface area contributed by atoms with Crippen LogP contribution < -0.4 is 5.73 Å². The highest BCUT2D eigenvalue weighted by Crippen LogP contribution is 2.39. The van der Waals surface area contributed by atoms with Crippen molar-refractivity contribution in [2.24, 2.45) is 5.73 Å². The Kier molecular flexibility index (Phi) is 4.65. The van der Waals surface area contributed by atoms with E-state index in [-0.39, 0.29) is 17.2 Å². The fourth-order valence-corrected chi connectivity index (χ4v) is 3.18. The Morgan fingerprint density at radius 2 is 2.00 bits per heavy atom. The summed E-state index contributed by atoms with van der Waals surface area (Å²) in [6, 6.07) is 0. The average molecular weight is 256 g/mol. The van der Waals surface area contributed by atoms with E-state index in [0.29, 0.717) is 0 Å². The number of nitrogens with two attached hydrogens (primary N) is 1. The van der Waals surface area contributed by atoms with Crippen molar-refractivity contribution in [2.45, 2.75) is 77.5 Å². The van der Waals surface area contributed by atoms with Gasteiger partial charge in [-0.25, -0.2) is 4.79 Å². The number of likely N-dealkylation sites (tertiary alicyclic amines) is 1. The van der Waals surface area contributed by atoms with Gasteiger partial charge in [0.2, 0.25) is 0 Å². The molecular formula is C14H28N2O2. The Morgan fingerprint density at radius 3 is 2.50 bits per heavy atom. The fourth-order valence-electron chi connectivity index (χ4n) is 3.18. The lowest BCUT2D eigenvalue weighted by Gasteiger charge is -2.55. The number of rotatable bonds is 4. The SMILES string of the molecule is CCCCN1C(C)(C)CCC(OC(N)=O)C1(C)C. The van der Waals surface area contributed by atoms with E-state index < -0.39 is 6.09 Å². The predicted octanol–water partition coefficient (Wildman–Crippen LogP) is 2.90. The second-order valence-corrected chi connectivity index (χ2v) is 6.44. The highest BCUT2D eigenvalue weighted by Gasteiger charge is 2.48. The molecule has 0 aromatic heterocycles. The van der Waals surface area contributed by atoms with Gasteiger partial charge < -0.3 is 10.5 Å². The van der Waals surface area contributed by atoms with Gasteiger partial charge in [0.25, 0.3) is 0 Å². The van der Waals surface area contributed by atoms with E-state index in [9.17, 15) is 4.79 Å². The molecule has 0 bridgehead atoms. The maximum Gasteiger partial charge on any atom is 0.404 e. The van der Waals surface area contributed by atoms with Crippen molar-refractivity contribution in [1.29, 1.82) is 0 Å². The topological polar surface area (TPSA) is 55.6 Å². The minimum Gasteiger partial charge on any atom is -0.444 e. The van der Waals surface area contributed by atoms with Crippen molar-refractivity contribution >= 4 is 6.09 Å². The number of piperidine rings is 1. The van der Waals surface area contributed by atoms with Crippen LogP contribution in [0.4, 0.5) is 4.79 Å². The molecule has 1 aliphatic heterocycles. The Balaban J connectivity index is 2.88. The van der Waals surface area contributed by atoms with Gasteiger partial charge in [0.15, 0.2) is 0 Å². The number of carbonyl (C=O) groups is 1. The van der Waals surface area contributed by atoms with E-state index in [0.717, 1.165) is 25.8 Å². The molecule has 1 rings (SSSR count). The second-order valence-electron chi connectivity index (χ2n) is 6.44. The van der Waals surface area contributed by atoms with Crippen LogP contribution in [0.15, 0.2) is 0 Å². The minimum absolute atomic E-state index is 0.111. The van der Waals surface area contributed by atoms with E-state index in [1.165, 1.54) is 6.42 Å². The molecule has 4 nitrogen and oxygen atoms in total. The number of primary amides is 1. The van der Waals surface area contributed by atoms with Crippen molar-refractivity contribution < 1.29 is 9.53 Å². The number of amides is 1. The van der Waals surface area contributed by atoms with Gasteiger partial charge in [-0.2, -0.15) is 0 Å². The summed E-state index contributed by atoms with van der Waals surface area (Å²) < 4.78 is 5.31. The van der Waals surface area contributed by atoms with Gasteiger partial charge in [-0.3, -0.25) is 4.90 Å². The third-order valence-corrected chi connectivity index (χ3v) is 4.23. The van der Waals surface area contributed by atoms with Crippen LogP contribution in [0.1, 0.15) is 60.3 Å². The van der Waals surface area contributed by atoms with E-state index in [2.05, 4.69) is 39.5 Å². The molecule has 1 fully saturated rings. The first-order valence-corrected chi connectivity index (χ1v) is 6.95. The quantitative estimate of drug-likeness (QED) is 0.841. The maximum absolute atomic E-state index is 11.0. The summed E-state index contributed by atoms with van der Waals surface area (Å²) >= 11 is 0. The van der Waals surface area contributed by atoms with Crippen LogP contribution in [0.2, 0.25) is 0 Å². The molecule has 0 spiro atoms. The second kappa shape index (κ2) is 5.47. The summed E-state index contributed by atoms with van der Waals surface area (Å²) in [7, 11) is 0. The lowest BCUT2D eigenvalue weighted by molar-refractivity contribution is -0.106. The van der Waals surface area contributed by atoms with Crippen LogP contribution in [0, 0.1) is 0 Å². The lowest BCUT2D eigenvalue weighted by atomic mass is 9.77. The average Bonchev–Trinajstić information content (AvgIpc) is 2.22. The molecule has 1 aliphatic rings. The first-order chi connectivity index (χ1) is 8.21. The number of nitrogens with zero attached hydrogens (tertiary/aromatic N) is 1. The molecule has 0 aromatic carbocycles. The number of ether oxygens (including phenoxy) is 1.